The first kappa shape index (κ1) is 38.8. The van der Waals surface area contributed by atoms with Gasteiger partial charge in [-0.3, -0.25) is 9.78 Å². The minimum absolute atomic E-state index is 0. The molecule has 253 valence electrons. The van der Waals surface area contributed by atoms with E-state index in [2.05, 4.69) is 95.0 Å². The maximum Gasteiger partial charge on any atom is 0.162 e. The van der Waals surface area contributed by atoms with Crippen molar-refractivity contribution in [2.45, 2.75) is 99.7 Å². The molecular weight excluding hydrogens is 791 g/mol. The van der Waals surface area contributed by atoms with Crippen LogP contribution in [0.25, 0.3) is 42.2 Å². The number of pyridine rings is 1. The molecular formula is C41H52IrNO2SSi-. The molecule has 0 aliphatic heterocycles. The van der Waals surface area contributed by atoms with Crippen LogP contribution in [-0.4, -0.2) is 23.9 Å². The molecule has 5 aromatic rings. The van der Waals surface area contributed by atoms with Crippen molar-refractivity contribution in [3.63, 3.8) is 0 Å². The first-order valence-electron chi connectivity index (χ1n) is 17.1. The Hall–Kier alpha value is -2.63. The summed E-state index contributed by atoms with van der Waals surface area (Å²) in [5.74, 6) is 0.993. The summed E-state index contributed by atoms with van der Waals surface area (Å²) in [6.45, 7) is 22.2. The molecule has 0 amide bonds. The number of hydrogen-bond donors (Lipinski definition) is 1. The van der Waals surface area contributed by atoms with Gasteiger partial charge in [0.1, 0.15) is 0 Å². The summed E-state index contributed by atoms with van der Waals surface area (Å²) in [5, 5.41) is 16.4. The molecule has 0 saturated carbocycles. The largest absolute Gasteiger partial charge is 0.512 e. The van der Waals surface area contributed by atoms with Crippen molar-refractivity contribution >= 4 is 61.3 Å². The number of rotatable bonds is 10. The van der Waals surface area contributed by atoms with E-state index in [1.54, 1.807) is 5.19 Å². The van der Waals surface area contributed by atoms with Gasteiger partial charge in [0.05, 0.1) is 13.8 Å². The zero-order valence-corrected chi connectivity index (χ0v) is 34.1. The molecule has 0 spiro atoms. The number of carbonyl (C=O) groups excluding carboxylic acids is 1. The predicted molar refractivity (Wildman–Crippen MR) is 205 cm³/mol. The molecule has 0 atom stereocenters. The van der Waals surface area contributed by atoms with Crippen molar-refractivity contribution in [3.8, 4) is 11.3 Å². The van der Waals surface area contributed by atoms with Crippen LogP contribution in [0.5, 0.6) is 0 Å². The van der Waals surface area contributed by atoms with Gasteiger partial charge in [-0.05, 0) is 55.5 Å². The van der Waals surface area contributed by atoms with Crippen LogP contribution in [-0.2, 0) is 24.9 Å². The summed E-state index contributed by atoms with van der Waals surface area (Å²) < 4.78 is 2.68. The number of aromatic nitrogens is 1. The van der Waals surface area contributed by atoms with E-state index in [4.69, 9.17) is 4.98 Å². The van der Waals surface area contributed by atoms with Crippen molar-refractivity contribution in [1.29, 1.82) is 0 Å². The summed E-state index contributed by atoms with van der Waals surface area (Å²) >= 11 is 1.90. The molecule has 0 aliphatic carbocycles. The van der Waals surface area contributed by atoms with Crippen LogP contribution in [0.15, 0.2) is 66.6 Å². The van der Waals surface area contributed by atoms with Crippen molar-refractivity contribution in [2.75, 3.05) is 0 Å². The number of hydrogen-bond acceptors (Lipinski definition) is 4. The zero-order valence-electron chi connectivity index (χ0n) is 29.9. The Labute approximate surface area is 301 Å². The average Bonchev–Trinajstić information content (AvgIpc) is 3.41. The molecule has 2 heterocycles. The topological polar surface area (TPSA) is 50.2 Å². The molecule has 3 nitrogen and oxygen atoms in total. The molecule has 5 rings (SSSR count). The molecule has 3 aromatic carbocycles. The van der Waals surface area contributed by atoms with Crippen LogP contribution in [0.2, 0.25) is 19.6 Å². The molecule has 0 unspecified atom stereocenters. The second kappa shape index (κ2) is 16.7. The van der Waals surface area contributed by atoms with Gasteiger partial charge in [0.2, 0.25) is 0 Å². The van der Waals surface area contributed by atoms with Crippen LogP contribution in [0.3, 0.4) is 0 Å². The fourth-order valence-electron chi connectivity index (χ4n) is 6.55. The number of ketones is 1. The Balaban J connectivity index is 0.000000322. The zero-order chi connectivity index (χ0) is 33.8. The van der Waals surface area contributed by atoms with Gasteiger partial charge in [0.25, 0.3) is 0 Å². The normalized spacial score (nSPS) is 12.2. The van der Waals surface area contributed by atoms with Crippen molar-refractivity contribution in [3.05, 3.63) is 83.8 Å². The number of allylic oxidation sites excluding steroid dienone is 2. The Morgan fingerprint density at radius 3 is 2.11 bits per heavy atom. The summed E-state index contributed by atoms with van der Waals surface area (Å²) in [6, 6.07) is 21.5. The number of carbonyl (C=O) groups is 1. The fourth-order valence-corrected chi connectivity index (χ4v) is 9.77. The number of fused-ring (bicyclic) bond motifs is 4. The second-order valence-corrected chi connectivity index (χ2v) is 19.9. The van der Waals surface area contributed by atoms with E-state index in [9.17, 15) is 9.90 Å². The Morgan fingerprint density at radius 2 is 1.51 bits per heavy atom. The fraction of sp³-hybridized carbons (Fsp3) is 0.415. The van der Waals surface area contributed by atoms with E-state index in [0.29, 0.717) is 5.92 Å². The van der Waals surface area contributed by atoms with Crippen LogP contribution in [0.1, 0.15) is 84.3 Å². The van der Waals surface area contributed by atoms with Gasteiger partial charge in [-0.1, -0.05) is 108 Å². The maximum absolute atomic E-state index is 11.7. The average molecular weight is 843 g/mol. The van der Waals surface area contributed by atoms with E-state index in [1.807, 2.05) is 45.2 Å². The number of nitrogens with zero attached hydrogens (tertiary/aromatic N) is 1. The molecule has 0 fully saturated rings. The number of aliphatic hydroxyl groups is 1. The molecule has 6 heteroatoms. The number of thiophene rings is 1. The summed E-state index contributed by atoms with van der Waals surface area (Å²) in [6.07, 6.45) is 6.87. The second-order valence-electron chi connectivity index (χ2n) is 13.8. The molecule has 47 heavy (non-hydrogen) atoms. The molecule has 0 saturated heterocycles. The Bertz CT molecular complexity index is 1860. The minimum atomic E-state index is -1.39. The minimum Gasteiger partial charge on any atom is -0.512 e. The van der Waals surface area contributed by atoms with Gasteiger partial charge < -0.3 is 5.11 Å². The smallest absolute Gasteiger partial charge is 0.162 e. The molecule has 2 aromatic heterocycles. The van der Waals surface area contributed by atoms with Crippen LogP contribution in [0.4, 0.5) is 0 Å². The summed E-state index contributed by atoms with van der Waals surface area (Å²) in [7, 11) is -1.39. The van der Waals surface area contributed by atoms with E-state index in [-0.39, 0.29) is 43.5 Å². The maximum atomic E-state index is 11.7. The third-order valence-electron chi connectivity index (χ3n) is 9.38. The van der Waals surface area contributed by atoms with Crippen molar-refractivity contribution < 1.29 is 30.0 Å². The van der Waals surface area contributed by atoms with Crippen molar-refractivity contribution in [2.24, 2.45) is 11.8 Å². The third-order valence-corrected chi connectivity index (χ3v) is 12.9. The van der Waals surface area contributed by atoms with E-state index in [1.165, 1.54) is 48.1 Å². The van der Waals surface area contributed by atoms with Gasteiger partial charge in [0.15, 0.2) is 5.78 Å². The standard InChI is InChI=1S/C28H28NSSi.C13H24O2.Ir/c1-17(2)24-16-20(15-19-9-7-8-10-21(19)24)26-28-23(13-14-29-26)22-11-12-25(31(4,5)6)18(3)27(22)30-28;1-5-10(6-2)12(14)9-13(15)11(7-3)8-4;/h7-14,16-17H,1-6H3;9-11,14H,5-8H2,1-4H3;/q-1;;/b;12-9-;. The quantitative estimate of drug-likeness (QED) is 0.0659. The van der Waals surface area contributed by atoms with E-state index in [0.717, 1.165) is 36.9 Å². The number of aryl methyl sites for hydroxylation is 1. The Morgan fingerprint density at radius 1 is 0.894 bits per heavy atom. The SMILES string of the molecule is CCC(CC)C(=O)/C=C(\O)C(CC)CC.Cc1c([Si](C)(C)C)ccc2c1sc1c(-c3[c-]c4ccccc4c(C(C)C)c3)nccc12.[Ir]. The van der Waals surface area contributed by atoms with Crippen LogP contribution < -0.4 is 5.19 Å². The van der Waals surface area contributed by atoms with Crippen LogP contribution in [0, 0.1) is 24.8 Å². The summed E-state index contributed by atoms with van der Waals surface area (Å²) in [5.41, 5.74) is 4.97. The first-order valence-corrected chi connectivity index (χ1v) is 21.4. The van der Waals surface area contributed by atoms with Crippen LogP contribution >= 0.6 is 11.3 Å². The van der Waals surface area contributed by atoms with Crippen molar-refractivity contribution in [1.82, 2.24) is 4.98 Å². The molecule has 1 radical (unpaired) electrons. The van der Waals surface area contributed by atoms with Gasteiger partial charge in [0, 0.05) is 64.7 Å². The monoisotopic (exact) mass is 843 g/mol. The van der Waals surface area contributed by atoms with Gasteiger partial charge in [-0.25, -0.2) is 0 Å². The van der Waals surface area contributed by atoms with E-state index < -0.39 is 8.07 Å². The molecule has 0 bridgehead atoms. The number of aliphatic hydroxyl groups excluding tert-OH is 1. The molecule has 1 N–H and O–H groups in total. The first-order chi connectivity index (χ1) is 21.9. The molecule has 0 aliphatic rings. The third kappa shape index (κ3) is 8.51. The predicted octanol–water partition coefficient (Wildman–Crippen LogP) is 11.9. The summed E-state index contributed by atoms with van der Waals surface area (Å²) in [4.78, 5) is 16.6. The van der Waals surface area contributed by atoms with Gasteiger partial charge >= 0.3 is 0 Å². The van der Waals surface area contributed by atoms with Gasteiger partial charge in [-0.15, -0.1) is 40.5 Å². The van der Waals surface area contributed by atoms with E-state index >= 15 is 0 Å². The Kier molecular flexibility index (Phi) is 13.8. The van der Waals surface area contributed by atoms with Gasteiger partial charge in [-0.2, -0.15) is 0 Å². The number of benzene rings is 3.